The minimum atomic E-state index is 0.823. The van der Waals surface area contributed by atoms with Crippen molar-refractivity contribution in [1.82, 2.24) is 14.7 Å². The Labute approximate surface area is 74.6 Å². The van der Waals surface area contributed by atoms with Crippen LogP contribution in [0.4, 0.5) is 0 Å². The highest BCUT2D eigenvalue weighted by molar-refractivity contribution is 7.13. The van der Waals surface area contributed by atoms with Crippen LogP contribution in [0.1, 0.15) is 5.69 Å². The Morgan fingerprint density at radius 2 is 2.50 bits per heavy atom. The van der Waals surface area contributed by atoms with Crippen LogP contribution in [0.25, 0.3) is 10.1 Å². The summed E-state index contributed by atoms with van der Waals surface area (Å²) in [6.45, 7) is 0.823. The highest BCUT2D eigenvalue weighted by Crippen LogP contribution is 2.20. The van der Waals surface area contributed by atoms with Crippen LogP contribution < -0.4 is 5.32 Å². The van der Waals surface area contributed by atoms with Gasteiger partial charge in [0.2, 0.25) is 0 Å². The van der Waals surface area contributed by atoms with Crippen molar-refractivity contribution in [3.63, 3.8) is 0 Å². The van der Waals surface area contributed by atoms with Gasteiger partial charge in [-0.2, -0.15) is 4.37 Å². The molecule has 0 amide bonds. The molecule has 12 heavy (non-hydrogen) atoms. The smallest absolute Gasteiger partial charge is 0.0759 e. The first-order chi connectivity index (χ1) is 5.92. The maximum Gasteiger partial charge on any atom is 0.0759 e. The highest BCUT2D eigenvalue weighted by atomic mass is 32.1. The fraction of sp³-hybridized carbons (Fsp3) is 0.250. The summed E-state index contributed by atoms with van der Waals surface area (Å²) in [7, 11) is 1.92. The summed E-state index contributed by atoms with van der Waals surface area (Å²) in [6, 6.07) is 2.01. The SMILES string of the molecule is CNCc1nsc2cnccc12. The van der Waals surface area contributed by atoms with Crippen LogP contribution >= 0.6 is 11.5 Å². The van der Waals surface area contributed by atoms with Crippen LogP contribution in [0.2, 0.25) is 0 Å². The zero-order valence-electron chi connectivity index (χ0n) is 6.74. The molecule has 4 heteroatoms. The topological polar surface area (TPSA) is 37.8 Å². The average molecular weight is 179 g/mol. The Balaban J connectivity index is 2.55. The van der Waals surface area contributed by atoms with Gasteiger partial charge in [0.05, 0.1) is 10.4 Å². The van der Waals surface area contributed by atoms with E-state index in [0.29, 0.717) is 0 Å². The molecule has 0 bridgehead atoms. The van der Waals surface area contributed by atoms with Crippen LogP contribution in [-0.4, -0.2) is 16.4 Å². The first kappa shape index (κ1) is 7.64. The molecule has 2 heterocycles. The van der Waals surface area contributed by atoms with Gasteiger partial charge in [-0.3, -0.25) is 4.98 Å². The molecule has 2 rings (SSSR count). The van der Waals surface area contributed by atoms with Gasteiger partial charge in [-0.05, 0) is 24.6 Å². The summed E-state index contributed by atoms with van der Waals surface area (Å²) in [6.07, 6.45) is 3.65. The zero-order chi connectivity index (χ0) is 8.39. The Bertz CT molecular complexity index is 382. The predicted molar refractivity (Wildman–Crippen MR) is 50.2 cm³/mol. The molecule has 3 nitrogen and oxygen atoms in total. The van der Waals surface area contributed by atoms with E-state index < -0.39 is 0 Å². The number of nitrogens with one attached hydrogen (secondary N) is 1. The number of fused-ring (bicyclic) bond motifs is 1. The summed E-state index contributed by atoms with van der Waals surface area (Å²) in [5, 5.41) is 4.30. The van der Waals surface area contributed by atoms with Crippen molar-refractivity contribution in [3.05, 3.63) is 24.2 Å². The van der Waals surface area contributed by atoms with Gasteiger partial charge >= 0.3 is 0 Å². The van der Waals surface area contributed by atoms with E-state index in [-0.39, 0.29) is 0 Å². The third kappa shape index (κ3) is 1.19. The molecule has 0 saturated carbocycles. The van der Waals surface area contributed by atoms with Crippen LogP contribution in [0, 0.1) is 0 Å². The van der Waals surface area contributed by atoms with Gasteiger partial charge in [0.25, 0.3) is 0 Å². The summed E-state index contributed by atoms with van der Waals surface area (Å²) >= 11 is 1.50. The Hall–Kier alpha value is -1.00. The molecule has 2 aromatic heterocycles. The van der Waals surface area contributed by atoms with E-state index in [2.05, 4.69) is 14.7 Å². The van der Waals surface area contributed by atoms with Crippen molar-refractivity contribution in [1.29, 1.82) is 0 Å². The molecule has 0 aliphatic heterocycles. The van der Waals surface area contributed by atoms with Crippen molar-refractivity contribution >= 4 is 21.6 Å². The normalized spacial score (nSPS) is 10.8. The van der Waals surface area contributed by atoms with E-state index in [0.717, 1.165) is 16.9 Å². The standard InChI is InChI=1S/C8H9N3S/c1-9-4-7-6-2-3-10-5-8(6)12-11-7/h2-3,5,9H,4H2,1H3. The predicted octanol–water partition coefficient (Wildman–Crippen LogP) is 1.41. The lowest BCUT2D eigenvalue weighted by atomic mass is 10.2. The lowest BCUT2D eigenvalue weighted by Gasteiger charge is -1.93. The van der Waals surface area contributed by atoms with Crippen molar-refractivity contribution in [2.45, 2.75) is 6.54 Å². The number of pyridine rings is 1. The number of aromatic nitrogens is 2. The fourth-order valence-electron chi connectivity index (χ4n) is 1.14. The van der Waals surface area contributed by atoms with Crippen LogP contribution in [0.5, 0.6) is 0 Å². The molecule has 0 aliphatic rings. The molecule has 0 aliphatic carbocycles. The summed E-state index contributed by atoms with van der Waals surface area (Å²) in [5.41, 5.74) is 1.11. The third-order valence-corrected chi connectivity index (χ3v) is 2.53. The van der Waals surface area contributed by atoms with Crippen molar-refractivity contribution in [3.8, 4) is 0 Å². The van der Waals surface area contributed by atoms with Gasteiger partial charge < -0.3 is 5.32 Å². The lowest BCUT2D eigenvalue weighted by molar-refractivity contribution is 0.808. The third-order valence-electron chi connectivity index (χ3n) is 1.69. The minimum absolute atomic E-state index is 0.823. The summed E-state index contributed by atoms with van der Waals surface area (Å²) in [5.74, 6) is 0. The number of nitrogens with zero attached hydrogens (tertiary/aromatic N) is 2. The van der Waals surface area contributed by atoms with E-state index >= 15 is 0 Å². The van der Waals surface area contributed by atoms with E-state index in [1.54, 1.807) is 6.20 Å². The van der Waals surface area contributed by atoms with Gasteiger partial charge in [-0.25, -0.2) is 0 Å². The largest absolute Gasteiger partial charge is 0.314 e. The molecule has 0 aromatic carbocycles. The molecule has 0 unspecified atom stereocenters. The van der Waals surface area contributed by atoms with Crippen molar-refractivity contribution in [2.24, 2.45) is 0 Å². The second kappa shape index (κ2) is 3.16. The molecule has 0 fully saturated rings. The fourth-order valence-corrected chi connectivity index (χ4v) is 1.90. The first-order valence-corrected chi connectivity index (χ1v) is 4.52. The van der Waals surface area contributed by atoms with Gasteiger partial charge in [0.15, 0.2) is 0 Å². The molecule has 0 radical (unpaired) electrons. The second-order valence-electron chi connectivity index (χ2n) is 2.53. The van der Waals surface area contributed by atoms with E-state index in [1.165, 1.54) is 16.9 Å². The first-order valence-electron chi connectivity index (χ1n) is 3.74. The van der Waals surface area contributed by atoms with Gasteiger partial charge in [0, 0.05) is 24.3 Å². The van der Waals surface area contributed by atoms with Crippen LogP contribution in [0.3, 0.4) is 0 Å². The average Bonchev–Trinajstić information content (AvgIpc) is 2.50. The van der Waals surface area contributed by atoms with Crippen molar-refractivity contribution in [2.75, 3.05) is 7.05 Å². The quantitative estimate of drug-likeness (QED) is 0.757. The number of rotatable bonds is 2. The lowest BCUT2D eigenvalue weighted by Crippen LogP contribution is -2.05. The number of hydrogen-bond donors (Lipinski definition) is 1. The molecule has 2 aromatic rings. The molecule has 1 N–H and O–H groups in total. The van der Waals surface area contributed by atoms with E-state index in [1.807, 2.05) is 19.3 Å². The molecular weight excluding hydrogens is 170 g/mol. The molecular formula is C8H9N3S. The Kier molecular flexibility index (Phi) is 2.01. The van der Waals surface area contributed by atoms with E-state index in [4.69, 9.17) is 0 Å². The number of hydrogen-bond acceptors (Lipinski definition) is 4. The zero-order valence-corrected chi connectivity index (χ0v) is 7.56. The molecule has 62 valence electrons. The summed E-state index contributed by atoms with van der Waals surface area (Å²) in [4.78, 5) is 4.04. The van der Waals surface area contributed by atoms with E-state index in [9.17, 15) is 0 Å². The maximum atomic E-state index is 4.32. The van der Waals surface area contributed by atoms with Gasteiger partial charge in [-0.1, -0.05) is 0 Å². The molecule has 0 spiro atoms. The summed E-state index contributed by atoms with van der Waals surface area (Å²) < 4.78 is 5.48. The molecule has 0 atom stereocenters. The Morgan fingerprint density at radius 3 is 3.33 bits per heavy atom. The van der Waals surface area contributed by atoms with Gasteiger partial charge in [0.1, 0.15) is 0 Å². The van der Waals surface area contributed by atoms with Crippen LogP contribution in [0.15, 0.2) is 18.5 Å². The Morgan fingerprint density at radius 1 is 1.58 bits per heavy atom. The molecule has 0 saturated heterocycles. The monoisotopic (exact) mass is 179 g/mol. The van der Waals surface area contributed by atoms with Crippen LogP contribution in [-0.2, 0) is 6.54 Å². The second-order valence-corrected chi connectivity index (χ2v) is 3.34. The van der Waals surface area contributed by atoms with Gasteiger partial charge in [-0.15, -0.1) is 0 Å². The van der Waals surface area contributed by atoms with Crippen molar-refractivity contribution < 1.29 is 0 Å². The maximum absolute atomic E-state index is 4.32. The highest BCUT2D eigenvalue weighted by Gasteiger charge is 2.03. The minimum Gasteiger partial charge on any atom is -0.314 e.